The van der Waals surface area contributed by atoms with Gasteiger partial charge in [-0.2, -0.15) is 5.10 Å². The van der Waals surface area contributed by atoms with Crippen LogP contribution in [0.5, 0.6) is 0 Å². The molecular weight excluding hydrogens is 314 g/mol. The van der Waals surface area contributed by atoms with Crippen molar-refractivity contribution < 1.29 is 9.53 Å². The highest BCUT2D eigenvalue weighted by atomic mass is 32.1. The third-order valence-corrected chi connectivity index (χ3v) is 4.95. The third kappa shape index (κ3) is 3.70. The van der Waals surface area contributed by atoms with Gasteiger partial charge in [0.05, 0.1) is 13.2 Å². The minimum Gasteiger partial charge on any atom is -0.377 e. The molecule has 2 amide bonds. The molecule has 1 aliphatic heterocycles. The number of nitrogens with one attached hydrogen (secondary N) is 1. The molecule has 1 atom stereocenters. The number of aromatic nitrogens is 3. The minimum atomic E-state index is -0.0980. The summed E-state index contributed by atoms with van der Waals surface area (Å²) >= 11 is 1.58. The Labute approximate surface area is 139 Å². The van der Waals surface area contributed by atoms with E-state index in [2.05, 4.69) is 15.4 Å². The number of morpholine rings is 1. The van der Waals surface area contributed by atoms with Crippen molar-refractivity contribution in [3.63, 3.8) is 0 Å². The summed E-state index contributed by atoms with van der Waals surface area (Å²) in [6.45, 7) is 4.19. The van der Waals surface area contributed by atoms with Crippen LogP contribution in [0.15, 0.2) is 17.6 Å². The van der Waals surface area contributed by atoms with Crippen LogP contribution in [0.4, 0.5) is 4.79 Å². The molecule has 0 radical (unpaired) electrons. The molecule has 1 aliphatic rings. The number of ether oxygens (including phenoxy) is 1. The maximum Gasteiger partial charge on any atom is 0.318 e. The van der Waals surface area contributed by atoms with Crippen molar-refractivity contribution >= 4 is 17.4 Å². The second-order valence-corrected chi connectivity index (χ2v) is 6.43. The first-order valence-electron chi connectivity index (χ1n) is 7.66. The Morgan fingerprint density at radius 3 is 3.13 bits per heavy atom. The Balaban J connectivity index is 1.59. The predicted molar refractivity (Wildman–Crippen MR) is 87.4 cm³/mol. The topological polar surface area (TPSA) is 72.3 Å². The maximum atomic E-state index is 12.5. The van der Waals surface area contributed by atoms with E-state index in [-0.39, 0.29) is 12.1 Å². The van der Waals surface area contributed by atoms with Crippen LogP contribution in [0.25, 0.3) is 0 Å². The lowest BCUT2D eigenvalue weighted by Crippen LogP contribution is -2.48. The molecule has 0 bridgehead atoms. The highest BCUT2D eigenvalue weighted by Gasteiger charge is 2.30. The van der Waals surface area contributed by atoms with E-state index >= 15 is 0 Å². The zero-order valence-electron chi connectivity index (χ0n) is 13.4. The van der Waals surface area contributed by atoms with Gasteiger partial charge in [-0.05, 0) is 13.0 Å². The SMILES string of the molecule is Cc1csc([C@H]2COCCN2C(=O)NCCc2ccnn2C)n1. The summed E-state index contributed by atoms with van der Waals surface area (Å²) in [7, 11) is 1.90. The van der Waals surface area contributed by atoms with Crippen molar-refractivity contribution in [1.82, 2.24) is 25.0 Å². The van der Waals surface area contributed by atoms with Gasteiger partial charge < -0.3 is 15.0 Å². The fraction of sp³-hybridized carbons (Fsp3) is 0.533. The van der Waals surface area contributed by atoms with Crippen molar-refractivity contribution in [2.75, 3.05) is 26.3 Å². The van der Waals surface area contributed by atoms with Crippen molar-refractivity contribution in [3.8, 4) is 0 Å². The van der Waals surface area contributed by atoms with Crippen LogP contribution in [0.2, 0.25) is 0 Å². The van der Waals surface area contributed by atoms with E-state index in [1.54, 1.807) is 17.5 Å². The zero-order chi connectivity index (χ0) is 16.2. The molecule has 0 aliphatic carbocycles. The number of nitrogens with zero attached hydrogens (tertiary/aromatic N) is 4. The van der Waals surface area contributed by atoms with E-state index in [4.69, 9.17) is 4.74 Å². The average Bonchev–Trinajstić information content (AvgIpc) is 3.16. The van der Waals surface area contributed by atoms with E-state index in [1.807, 2.05) is 35.0 Å². The molecule has 124 valence electrons. The van der Waals surface area contributed by atoms with E-state index in [1.165, 1.54) is 0 Å². The predicted octanol–water partition coefficient (Wildman–Crippen LogP) is 1.51. The first-order chi connectivity index (χ1) is 11.1. The summed E-state index contributed by atoms with van der Waals surface area (Å²) in [5.74, 6) is 0. The summed E-state index contributed by atoms with van der Waals surface area (Å²) in [6.07, 6.45) is 2.52. The number of aryl methyl sites for hydroxylation is 2. The number of urea groups is 1. The molecular formula is C15H21N5O2S. The lowest BCUT2D eigenvalue weighted by molar-refractivity contribution is 0.0116. The van der Waals surface area contributed by atoms with Crippen LogP contribution in [-0.2, 0) is 18.2 Å². The minimum absolute atomic E-state index is 0.0617. The molecule has 1 fully saturated rings. The number of hydrogen-bond donors (Lipinski definition) is 1. The fourth-order valence-electron chi connectivity index (χ4n) is 2.62. The number of carbonyl (C=O) groups excluding carboxylic acids is 1. The second-order valence-electron chi connectivity index (χ2n) is 5.54. The Morgan fingerprint density at radius 2 is 2.43 bits per heavy atom. The summed E-state index contributed by atoms with van der Waals surface area (Å²) in [4.78, 5) is 18.8. The number of thiazole rings is 1. The monoisotopic (exact) mass is 335 g/mol. The van der Waals surface area contributed by atoms with E-state index in [0.717, 1.165) is 22.8 Å². The third-order valence-electron chi connectivity index (χ3n) is 3.89. The summed E-state index contributed by atoms with van der Waals surface area (Å²) < 4.78 is 7.36. The number of amides is 2. The van der Waals surface area contributed by atoms with E-state index < -0.39 is 0 Å². The number of carbonyl (C=O) groups is 1. The zero-order valence-corrected chi connectivity index (χ0v) is 14.2. The number of hydrogen-bond acceptors (Lipinski definition) is 5. The van der Waals surface area contributed by atoms with Gasteiger partial charge >= 0.3 is 6.03 Å². The maximum absolute atomic E-state index is 12.5. The van der Waals surface area contributed by atoms with Gasteiger partial charge in [0, 0.05) is 49.5 Å². The Morgan fingerprint density at radius 1 is 1.57 bits per heavy atom. The highest BCUT2D eigenvalue weighted by Crippen LogP contribution is 2.26. The van der Waals surface area contributed by atoms with Gasteiger partial charge in [0.25, 0.3) is 0 Å². The molecule has 0 saturated carbocycles. The molecule has 2 aromatic rings. The van der Waals surface area contributed by atoms with Crippen molar-refractivity contribution in [3.05, 3.63) is 34.0 Å². The van der Waals surface area contributed by atoms with Gasteiger partial charge in [0.2, 0.25) is 0 Å². The fourth-order valence-corrected chi connectivity index (χ4v) is 3.52. The largest absolute Gasteiger partial charge is 0.377 e. The molecule has 7 nitrogen and oxygen atoms in total. The van der Waals surface area contributed by atoms with Gasteiger partial charge in [0.1, 0.15) is 11.0 Å². The van der Waals surface area contributed by atoms with Gasteiger partial charge in [-0.3, -0.25) is 4.68 Å². The molecule has 0 aromatic carbocycles. The van der Waals surface area contributed by atoms with Gasteiger partial charge in [-0.1, -0.05) is 0 Å². The Hall–Kier alpha value is -1.93. The molecule has 23 heavy (non-hydrogen) atoms. The first-order valence-corrected chi connectivity index (χ1v) is 8.54. The summed E-state index contributed by atoms with van der Waals surface area (Å²) in [5.41, 5.74) is 2.08. The Kier molecular flexibility index (Phi) is 4.92. The number of rotatable bonds is 4. The lowest BCUT2D eigenvalue weighted by atomic mass is 10.2. The molecule has 3 heterocycles. The highest BCUT2D eigenvalue weighted by molar-refractivity contribution is 7.09. The first kappa shape index (κ1) is 15.9. The Bertz CT molecular complexity index is 668. The molecule has 1 N–H and O–H groups in total. The molecule has 3 rings (SSSR count). The molecule has 0 unspecified atom stereocenters. The standard InChI is InChI=1S/C15H21N5O2S/c1-11-10-23-14(18-11)13-9-22-8-7-20(13)15(21)16-5-3-12-4-6-17-19(12)2/h4,6,10,13H,3,5,7-9H2,1-2H3,(H,16,21)/t13-/m1/s1. The molecule has 2 aromatic heterocycles. The van der Waals surface area contributed by atoms with Crippen molar-refractivity contribution in [2.45, 2.75) is 19.4 Å². The summed E-state index contributed by atoms with van der Waals surface area (Å²) in [6, 6.07) is 1.80. The van der Waals surface area contributed by atoms with Gasteiger partial charge in [0.15, 0.2) is 0 Å². The molecule has 1 saturated heterocycles. The summed E-state index contributed by atoms with van der Waals surface area (Å²) in [5, 5.41) is 10.1. The van der Waals surface area contributed by atoms with Crippen molar-refractivity contribution in [1.29, 1.82) is 0 Å². The van der Waals surface area contributed by atoms with Gasteiger partial charge in [-0.15, -0.1) is 11.3 Å². The quantitative estimate of drug-likeness (QED) is 0.919. The van der Waals surface area contributed by atoms with Crippen LogP contribution in [-0.4, -0.2) is 52.0 Å². The smallest absolute Gasteiger partial charge is 0.318 e. The van der Waals surface area contributed by atoms with Crippen LogP contribution in [0.1, 0.15) is 22.4 Å². The van der Waals surface area contributed by atoms with E-state index in [0.29, 0.717) is 26.3 Å². The normalized spacial score (nSPS) is 18.2. The second kappa shape index (κ2) is 7.10. The lowest BCUT2D eigenvalue weighted by Gasteiger charge is -2.34. The molecule has 8 heteroatoms. The van der Waals surface area contributed by atoms with Crippen LogP contribution >= 0.6 is 11.3 Å². The van der Waals surface area contributed by atoms with Crippen molar-refractivity contribution in [2.24, 2.45) is 7.05 Å². The molecule has 0 spiro atoms. The average molecular weight is 335 g/mol. The van der Waals surface area contributed by atoms with E-state index in [9.17, 15) is 4.79 Å². The van der Waals surface area contributed by atoms with Gasteiger partial charge in [-0.25, -0.2) is 9.78 Å². The van der Waals surface area contributed by atoms with Crippen LogP contribution < -0.4 is 5.32 Å². The van der Waals surface area contributed by atoms with Crippen LogP contribution in [0, 0.1) is 6.92 Å². The van der Waals surface area contributed by atoms with Crippen LogP contribution in [0.3, 0.4) is 0 Å².